The number of benzene rings is 2. The van der Waals surface area contributed by atoms with E-state index in [-0.39, 0.29) is 23.2 Å². The zero-order valence-electron chi connectivity index (χ0n) is 28.1. The van der Waals surface area contributed by atoms with Crippen molar-refractivity contribution in [3.05, 3.63) is 132 Å². The highest BCUT2D eigenvalue weighted by molar-refractivity contribution is 6.03. The fourth-order valence-corrected chi connectivity index (χ4v) is 6.92. The SMILES string of the molecule is CC1(C)CNc2cc(N(C(=O)CC3=CC=CNC3(NCc3ccncc3)NCc3ccccn3)c3ccc4c(c3)NCC4(C)C)ccc21. The Balaban J connectivity index is 1.24. The number of fused-ring (bicyclic) bond motifs is 2. The van der Waals surface area contributed by atoms with Gasteiger partial charge in [-0.05, 0) is 83.1 Å². The highest BCUT2D eigenvalue weighted by atomic mass is 16.2. The monoisotopic (exact) mass is 640 g/mol. The summed E-state index contributed by atoms with van der Waals surface area (Å²) < 4.78 is 0. The number of nitrogens with one attached hydrogen (secondary N) is 5. The Labute approximate surface area is 283 Å². The van der Waals surface area contributed by atoms with Crippen molar-refractivity contribution in [3.8, 4) is 0 Å². The van der Waals surface area contributed by atoms with Gasteiger partial charge in [0, 0.05) is 67.0 Å². The largest absolute Gasteiger partial charge is 0.384 e. The zero-order chi connectivity index (χ0) is 33.4. The van der Waals surface area contributed by atoms with Crippen LogP contribution in [0.1, 0.15) is 56.5 Å². The molecule has 0 saturated heterocycles. The van der Waals surface area contributed by atoms with Crippen molar-refractivity contribution in [2.24, 2.45) is 0 Å². The minimum atomic E-state index is -0.913. The molecule has 7 rings (SSSR count). The van der Waals surface area contributed by atoms with Crippen molar-refractivity contribution < 1.29 is 4.79 Å². The fraction of sp³-hybridized carbons (Fsp3) is 0.308. The number of allylic oxidation sites excluding steroid dienone is 2. The third-order valence-corrected chi connectivity index (χ3v) is 9.76. The smallest absolute Gasteiger partial charge is 0.235 e. The summed E-state index contributed by atoms with van der Waals surface area (Å²) in [6, 6.07) is 22.6. The Hall–Kier alpha value is -4.99. The molecule has 1 unspecified atom stereocenters. The molecule has 2 aromatic heterocycles. The molecule has 0 aliphatic carbocycles. The van der Waals surface area contributed by atoms with Gasteiger partial charge in [0.1, 0.15) is 0 Å². The summed E-state index contributed by atoms with van der Waals surface area (Å²) in [4.78, 5) is 25.4. The van der Waals surface area contributed by atoms with Crippen LogP contribution in [-0.4, -0.2) is 34.8 Å². The molecular weight excluding hydrogens is 596 g/mol. The summed E-state index contributed by atoms with van der Waals surface area (Å²) in [5.41, 5.74) is 9.22. The van der Waals surface area contributed by atoms with Crippen molar-refractivity contribution >= 4 is 28.7 Å². The first-order chi connectivity index (χ1) is 23.1. The van der Waals surface area contributed by atoms with E-state index in [1.165, 1.54) is 11.1 Å². The van der Waals surface area contributed by atoms with Crippen LogP contribution < -0.4 is 31.5 Å². The van der Waals surface area contributed by atoms with Crippen molar-refractivity contribution in [2.75, 3.05) is 28.6 Å². The first-order valence-electron chi connectivity index (χ1n) is 16.7. The van der Waals surface area contributed by atoms with Gasteiger partial charge in [0.05, 0.1) is 23.5 Å². The quantitative estimate of drug-likeness (QED) is 0.130. The first-order valence-corrected chi connectivity index (χ1v) is 16.7. The average molecular weight is 641 g/mol. The lowest BCUT2D eigenvalue weighted by atomic mass is 9.86. The second kappa shape index (κ2) is 12.6. The third-order valence-electron chi connectivity index (χ3n) is 9.76. The van der Waals surface area contributed by atoms with Gasteiger partial charge in [0.25, 0.3) is 0 Å². The molecule has 3 aliphatic heterocycles. The summed E-state index contributed by atoms with van der Waals surface area (Å²) in [6.07, 6.45) is 11.4. The molecule has 0 bridgehead atoms. The molecule has 5 heterocycles. The van der Waals surface area contributed by atoms with Crippen LogP contribution in [0.25, 0.3) is 0 Å². The summed E-state index contributed by atoms with van der Waals surface area (Å²) in [7, 11) is 0. The highest BCUT2D eigenvalue weighted by Gasteiger charge is 2.37. The van der Waals surface area contributed by atoms with E-state index in [0.29, 0.717) is 13.1 Å². The van der Waals surface area contributed by atoms with E-state index in [2.05, 4.69) is 101 Å². The van der Waals surface area contributed by atoms with Crippen molar-refractivity contribution in [1.82, 2.24) is 25.9 Å². The van der Waals surface area contributed by atoms with Gasteiger partial charge in [-0.3, -0.25) is 30.3 Å². The molecule has 1 amide bonds. The molecule has 246 valence electrons. The molecule has 3 aliphatic rings. The Morgan fingerprint density at radius 1 is 0.812 bits per heavy atom. The Morgan fingerprint density at radius 3 is 2.08 bits per heavy atom. The molecule has 0 saturated carbocycles. The van der Waals surface area contributed by atoms with E-state index in [1.807, 2.05) is 53.6 Å². The van der Waals surface area contributed by atoms with Gasteiger partial charge in [-0.2, -0.15) is 0 Å². The molecule has 0 fully saturated rings. The maximum absolute atomic E-state index is 14.8. The van der Waals surface area contributed by atoms with E-state index < -0.39 is 5.79 Å². The minimum absolute atomic E-state index is 0.0239. The number of aromatic nitrogens is 2. The van der Waals surface area contributed by atoms with E-state index in [9.17, 15) is 4.79 Å². The standard InChI is InChI=1S/C39H44N8O/c1-37(2)25-42-34-21-30(10-12-32(34)37)47(31-11-13-33-35(22-31)43-26-38(33,3)4)36(48)20-28-8-7-17-44-39(28,45-23-27-14-18-40-19-15-27)46-24-29-9-5-6-16-41-29/h5-19,21-22,42-46H,20,23-26H2,1-4H3. The van der Waals surface area contributed by atoms with Gasteiger partial charge in [0.2, 0.25) is 5.91 Å². The summed E-state index contributed by atoms with van der Waals surface area (Å²) in [5.74, 6) is -0.952. The number of pyridine rings is 2. The average Bonchev–Trinajstić information content (AvgIpc) is 3.57. The number of carbonyl (C=O) groups excluding carboxylic acids is 1. The van der Waals surface area contributed by atoms with Gasteiger partial charge in [-0.25, -0.2) is 0 Å². The van der Waals surface area contributed by atoms with Crippen LogP contribution in [0.2, 0.25) is 0 Å². The maximum Gasteiger partial charge on any atom is 0.235 e. The number of amides is 1. The van der Waals surface area contributed by atoms with Crippen LogP contribution in [0, 0.1) is 0 Å². The van der Waals surface area contributed by atoms with Crippen molar-refractivity contribution in [2.45, 2.75) is 63.8 Å². The third kappa shape index (κ3) is 6.19. The first kappa shape index (κ1) is 31.6. The number of rotatable bonds is 10. The molecule has 0 radical (unpaired) electrons. The van der Waals surface area contributed by atoms with Crippen molar-refractivity contribution in [3.63, 3.8) is 0 Å². The predicted molar refractivity (Wildman–Crippen MR) is 193 cm³/mol. The van der Waals surface area contributed by atoms with Crippen LogP contribution in [0.15, 0.2) is 109 Å². The number of dihydropyridines is 1. The van der Waals surface area contributed by atoms with Gasteiger partial charge >= 0.3 is 0 Å². The number of anilines is 4. The molecule has 4 aromatic rings. The number of hydrogen-bond acceptors (Lipinski definition) is 8. The van der Waals surface area contributed by atoms with Crippen LogP contribution in [-0.2, 0) is 28.7 Å². The summed E-state index contributed by atoms with van der Waals surface area (Å²) in [5, 5.41) is 18.0. The fourth-order valence-electron chi connectivity index (χ4n) is 6.92. The number of nitrogens with zero attached hydrogens (tertiary/aromatic N) is 3. The van der Waals surface area contributed by atoms with Crippen LogP contribution in [0.5, 0.6) is 0 Å². The molecular formula is C39H44N8O. The molecule has 48 heavy (non-hydrogen) atoms. The highest BCUT2D eigenvalue weighted by Crippen LogP contribution is 2.43. The minimum Gasteiger partial charge on any atom is -0.384 e. The summed E-state index contributed by atoms with van der Waals surface area (Å²) in [6.45, 7) is 11.7. The van der Waals surface area contributed by atoms with E-state index in [1.54, 1.807) is 18.6 Å². The number of carbonyl (C=O) groups is 1. The molecule has 5 N–H and O–H groups in total. The Morgan fingerprint density at radius 2 is 1.46 bits per heavy atom. The zero-order valence-corrected chi connectivity index (χ0v) is 28.1. The van der Waals surface area contributed by atoms with Crippen LogP contribution in [0.4, 0.5) is 22.7 Å². The Bertz CT molecular complexity index is 1750. The lowest BCUT2D eigenvalue weighted by molar-refractivity contribution is -0.117. The lowest BCUT2D eigenvalue weighted by Crippen LogP contribution is -2.66. The molecule has 1 atom stereocenters. The second-order valence-electron chi connectivity index (χ2n) is 14.2. The topological polar surface area (TPSA) is 106 Å². The molecule has 9 nitrogen and oxygen atoms in total. The van der Waals surface area contributed by atoms with Crippen molar-refractivity contribution in [1.29, 1.82) is 0 Å². The molecule has 0 spiro atoms. The van der Waals surface area contributed by atoms with E-state index >= 15 is 0 Å². The lowest BCUT2D eigenvalue weighted by Gasteiger charge is -2.40. The van der Waals surface area contributed by atoms with Gasteiger partial charge in [0.15, 0.2) is 5.79 Å². The summed E-state index contributed by atoms with van der Waals surface area (Å²) >= 11 is 0. The predicted octanol–water partition coefficient (Wildman–Crippen LogP) is 6.21. The number of hydrogen-bond donors (Lipinski definition) is 5. The normalized spacial score (nSPS) is 19.7. The van der Waals surface area contributed by atoms with E-state index in [4.69, 9.17) is 0 Å². The van der Waals surface area contributed by atoms with Gasteiger partial charge in [-0.1, -0.05) is 52.0 Å². The van der Waals surface area contributed by atoms with Gasteiger partial charge < -0.3 is 16.0 Å². The Kier molecular flexibility index (Phi) is 8.27. The molecule has 9 heteroatoms. The van der Waals surface area contributed by atoms with Crippen LogP contribution in [0.3, 0.4) is 0 Å². The second-order valence-corrected chi connectivity index (χ2v) is 14.2. The maximum atomic E-state index is 14.8. The van der Waals surface area contributed by atoms with E-state index in [0.717, 1.165) is 52.7 Å². The van der Waals surface area contributed by atoms with Crippen LogP contribution >= 0.6 is 0 Å². The molecule has 2 aromatic carbocycles. The van der Waals surface area contributed by atoms with Gasteiger partial charge in [-0.15, -0.1) is 0 Å².